The Labute approximate surface area is 200 Å². The minimum Gasteiger partial charge on any atom is -0.494 e. The zero-order valence-electron chi connectivity index (χ0n) is 17.6. The largest absolute Gasteiger partial charge is 0.506 e. The second-order valence-corrected chi connectivity index (χ2v) is 9.01. The van der Waals surface area contributed by atoms with E-state index in [9.17, 15) is 14.3 Å². The van der Waals surface area contributed by atoms with Crippen molar-refractivity contribution in [1.29, 1.82) is 0 Å². The number of hydrogen-bond acceptors (Lipinski definition) is 4. The Bertz CT molecular complexity index is 1140. The monoisotopic (exact) mass is 490 g/mol. The fraction of sp³-hybridized carbons (Fsp3) is 0.240. The molecule has 3 aromatic rings. The number of rotatable bonds is 8. The van der Waals surface area contributed by atoms with Crippen LogP contribution in [0.5, 0.6) is 17.2 Å². The molecule has 2 unspecified atom stereocenters. The van der Waals surface area contributed by atoms with E-state index in [0.29, 0.717) is 29.2 Å². The number of para-hydroxylation sites is 1. The van der Waals surface area contributed by atoms with E-state index < -0.39 is 27.8 Å². The van der Waals surface area contributed by atoms with Gasteiger partial charge in [-0.3, -0.25) is 0 Å². The van der Waals surface area contributed by atoms with Gasteiger partial charge in [0.2, 0.25) is 0 Å². The van der Waals surface area contributed by atoms with Gasteiger partial charge in [-0.05, 0) is 60.9 Å². The van der Waals surface area contributed by atoms with Gasteiger partial charge in [-0.2, -0.15) is 0 Å². The molecule has 1 aliphatic carbocycles. The van der Waals surface area contributed by atoms with Gasteiger partial charge in [0.25, 0.3) is 0 Å². The predicted molar refractivity (Wildman–Crippen MR) is 123 cm³/mol. The Hall–Kier alpha value is -2.96. The molecule has 1 N–H and O–H groups in total. The predicted octanol–water partition coefficient (Wildman–Crippen LogP) is 6.95. The molecular weight excluding hydrogens is 470 g/mol. The zero-order valence-corrected chi connectivity index (χ0v) is 19.1. The third kappa shape index (κ3) is 4.45. The summed E-state index contributed by atoms with van der Waals surface area (Å²) in [6.45, 7) is 2.35. The van der Waals surface area contributed by atoms with E-state index in [1.54, 1.807) is 60.7 Å². The van der Waals surface area contributed by atoms with Gasteiger partial charge in [0.05, 0.1) is 6.61 Å². The molecule has 0 aromatic heterocycles. The minimum absolute atomic E-state index is 0.0416. The number of carboxylic acid groups (broad SMARTS) is 1. The van der Waals surface area contributed by atoms with Crippen molar-refractivity contribution in [3.05, 3.63) is 89.7 Å². The van der Waals surface area contributed by atoms with Crippen LogP contribution >= 0.6 is 23.2 Å². The summed E-state index contributed by atoms with van der Waals surface area (Å²) in [7, 11) is 0. The summed E-state index contributed by atoms with van der Waals surface area (Å²) < 4.78 is 29.2. The smallest absolute Gasteiger partial charge is 0.494 e. The van der Waals surface area contributed by atoms with Gasteiger partial charge in [-0.15, -0.1) is 0 Å². The van der Waals surface area contributed by atoms with Crippen LogP contribution in [0.4, 0.5) is 9.18 Å². The maximum atomic E-state index is 14.4. The van der Waals surface area contributed by atoms with E-state index in [0.717, 1.165) is 0 Å². The maximum Gasteiger partial charge on any atom is 0.506 e. The molecule has 0 aliphatic heterocycles. The molecule has 0 amide bonds. The third-order valence-electron chi connectivity index (χ3n) is 5.59. The highest BCUT2D eigenvalue weighted by molar-refractivity contribution is 6.52. The summed E-state index contributed by atoms with van der Waals surface area (Å²) in [5.41, 5.74) is -0.312. The van der Waals surface area contributed by atoms with Crippen molar-refractivity contribution in [1.82, 2.24) is 0 Å². The lowest BCUT2D eigenvalue weighted by Gasteiger charge is -2.19. The molecule has 0 heterocycles. The topological polar surface area (TPSA) is 65.0 Å². The minimum atomic E-state index is -1.52. The van der Waals surface area contributed by atoms with Gasteiger partial charge < -0.3 is 19.3 Å². The zero-order chi connectivity index (χ0) is 23.6. The van der Waals surface area contributed by atoms with E-state index >= 15 is 0 Å². The highest BCUT2D eigenvalue weighted by atomic mass is 35.5. The van der Waals surface area contributed by atoms with Crippen LogP contribution in [0, 0.1) is 11.7 Å². The molecule has 1 fully saturated rings. The average Bonchev–Trinajstić information content (AvgIpc) is 3.24. The molecule has 2 atom stereocenters. The number of hydrogen-bond donors (Lipinski definition) is 1. The van der Waals surface area contributed by atoms with Gasteiger partial charge in [-0.25, -0.2) is 9.18 Å². The molecule has 8 heteroatoms. The van der Waals surface area contributed by atoms with E-state index in [2.05, 4.69) is 0 Å². The Morgan fingerprint density at radius 1 is 1.03 bits per heavy atom. The molecule has 1 aliphatic rings. The molecule has 1 saturated carbocycles. The first-order valence-electron chi connectivity index (χ1n) is 10.3. The van der Waals surface area contributed by atoms with Crippen LogP contribution in [-0.2, 0) is 16.8 Å². The van der Waals surface area contributed by atoms with Crippen molar-refractivity contribution < 1.29 is 28.5 Å². The first kappa shape index (κ1) is 23.2. The number of halogens is 3. The van der Waals surface area contributed by atoms with Crippen molar-refractivity contribution in [3.8, 4) is 17.2 Å². The van der Waals surface area contributed by atoms with Crippen LogP contribution in [0.1, 0.15) is 18.1 Å². The normalized spacial score (nSPS) is 20.7. The molecule has 4 rings (SSSR count). The van der Waals surface area contributed by atoms with Crippen molar-refractivity contribution in [2.45, 2.75) is 23.3 Å². The molecule has 5 nitrogen and oxygen atoms in total. The Morgan fingerprint density at radius 3 is 2.36 bits per heavy atom. The van der Waals surface area contributed by atoms with Crippen LogP contribution in [0.3, 0.4) is 0 Å². The van der Waals surface area contributed by atoms with E-state index in [4.69, 9.17) is 37.4 Å². The van der Waals surface area contributed by atoms with E-state index in [-0.39, 0.29) is 12.2 Å². The Morgan fingerprint density at radius 2 is 1.73 bits per heavy atom. The molecule has 0 bridgehead atoms. The molecule has 0 saturated heterocycles. The first-order chi connectivity index (χ1) is 15.8. The quantitative estimate of drug-likeness (QED) is 0.273. The van der Waals surface area contributed by atoms with E-state index in [1.165, 1.54) is 6.07 Å². The maximum absolute atomic E-state index is 14.4. The summed E-state index contributed by atoms with van der Waals surface area (Å²) in [4.78, 5) is 11.6. The van der Waals surface area contributed by atoms with Crippen LogP contribution in [-0.4, -0.2) is 22.2 Å². The molecule has 3 aromatic carbocycles. The standard InChI is InChI=1S/C25H21Cl2FO5/c1-2-31-18-11-9-17(10-12-18)24(33-23(29)30)22(25(24,26)27)15-16-8-13-20(28)21(14-16)32-19-6-4-3-5-7-19/h3-14,22H,2,15H2,1H3,(H,29,30). The van der Waals surface area contributed by atoms with Crippen LogP contribution in [0.2, 0.25) is 0 Å². The average molecular weight is 491 g/mol. The van der Waals surface area contributed by atoms with Crippen molar-refractivity contribution >= 4 is 29.4 Å². The van der Waals surface area contributed by atoms with Gasteiger partial charge in [0.1, 0.15) is 11.5 Å². The highest BCUT2D eigenvalue weighted by Gasteiger charge is 2.80. The number of benzene rings is 3. The highest BCUT2D eigenvalue weighted by Crippen LogP contribution is 2.71. The lowest BCUT2D eigenvalue weighted by Crippen LogP contribution is -2.23. The van der Waals surface area contributed by atoms with E-state index in [1.807, 2.05) is 13.0 Å². The number of ether oxygens (including phenoxy) is 3. The summed E-state index contributed by atoms with van der Waals surface area (Å²) >= 11 is 13.2. The van der Waals surface area contributed by atoms with Gasteiger partial charge in [0.15, 0.2) is 21.5 Å². The Balaban J connectivity index is 1.62. The van der Waals surface area contributed by atoms with Crippen molar-refractivity contribution in [2.75, 3.05) is 6.61 Å². The molecule has 0 radical (unpaired) electrons. The first-order valence-corrected chi connectivity index (χ1v) is 11.1. The van der Waals surface area contributed by atoms with Gasteiger partial charge in [-0.1, -0.05) is 59.6 Å². The third-order valence-corrected chi connectivity index (χ3v) is 6.68. The SMILES string of the molecule is CCOc1ccc(C2(OC(=O)O)C(Cc3ccc(F)c(Oc4ccccc4)c3)C2(Cl)Cl)cc1. The summed E-state index contributed by atoms with van der Waals surface area (Å²) in [5.74, 6) is 0.0140. The second-order valence-electron chi connectivity index (χ2n) is 7.62. The fourth-order valence-corrected chi connectivity index (χ4v) is 4.93. The molecule has 0 spiro atoms. The molecule has 33 heavy (non-hydrogen) atoms. The lowest BCUT2D eigenvalue weighted by molar-refractivity contribution is 0.0277. The van der Waals surface area contributed by atoms with Crippen LogP contribution < -0.4 is 9.47 Å². The summed E-state index contributed by atoms with van der Waals surface area (Å²) in [6, 6.07) is 20.0. The van der Waals surface area contributed by atoms with Crippen LogP contribution in [0.25, 0.3) is 0 Å². The van der Waals surface area contributed by atoms with Crippen molar-refractivity contribution in [3.63, 3.8) is 0 Å². The van der Waals surface area contributed by atoms with Crippen LogP contribution in [0.15, 0.2) is 72.8 Å². The molecular formula is C25H21Cl2FO5. The Kier molecular flexibility index (Phi) is 6.41. The van der Waals surface area contributed by atoms with Gasteiger partial charge >= 0.3 is 6.16 Å². The number of carbonyl (C=O) groups is 1. The summed E-state index contributed by atoms with van der Waals surface area (Å²) in [5, 5.41) is 9.42. The second kappa shape index (κ2) is 9.12. The fourth-order valence-electron chi connectivity index (χ4n) is 4.02. The number of alkyl halides is 2. The lowest BCUT2D eigenvalue weighted by atomic mass is 10.0. The van der Waals surface area contributed by atoms with Gasteiger partial charge in [0, 0.05) is 5.92 Å². The summed E-state index contributed by atoms with van der Waals surface area (Å²) in [6.07, 6.45) is -1.26. The molecule has 172 valence electrons. The van der Waals surface area contributed by atoms with Crippen molar-refractivity contribution in [2.24, 2.45) is 5.92 Å².